The summed E-state index contributed by atoms with van der Waals surface area (Å²) >= 11 is 0. The van der Waals surface area contributed by atoms with Crippen LogP contribution in [-0.2, 0) is 23.8 Å². The van der Waals surface area contributed by atoms with Gasteiger partial charge < -0.3 is 29.4 Å². The van der Waals surface area contributed by atoms with Gasteiger partial charge in [-0.05, 0) is 19.1 Å². The van der Waals surface area contributed by atoms with Gasteiger partial charge >= 0.3 is 17.9 Å². The summed E-state index contributed by atoms with van der Waals surface area (Å²) in [4.78, 5) is 39.0. The molecule has 3 rings (SSSR count). The predicted molar refractivity (Wildman–Crippen MR) is 79.8 cm³/mol. The smallest absolute Gasteiger partial charge is 0.355 e. The minimum atomic E-state index is -1.96. The summed E-state index contributed by atoms with van der Waals surface area (Å²) in [5.41, 5.74) is -1.94. The van der Waals surface area contributed by atoms with Crippen LogP contribution in [0.1, 0.15) is 17.4 Å². The number of ether oxygens (including phenoxy) is 3. The molecule has 0 unspecified atom stereocenters. The molecular formula is C16H17NO8. The van der Waals surface area contributed by atoms with Gasteiger partial charge in [0.15, 0.2) is 0 Å². The summed E-state index contributed by atoms with van der Waals surface area (Å²) in [7, 11) is 1.14. The van der Waals surface area contributed by atoms with Crippen molar-refractivity contribution in [1.82, 2.24) is 4.98 Å². The third-order valence-corrected chi connectivity index (χ3v) is 4.65. The Labute approximate surface area is 142 Å². The van der Waals surface area contributed by atoms with Gasteiger partial charge in [0, 0.05) is 6.20 Å². The molecule has 0 bridgehead atoms. The molecule has 0 aromatic carbocycles. The number of H-pyrrole nitrogens is 1. The molecule has 9 heteroatoms. The van der Waals surface area contributed by atoms with E-state index < -0.39 is 47.6 Å². The molecule has 3 N–H and O–H groups in total. The number of cyclic esters (lactones) is 1. The Kier molecular flexibility index (Phi) is 4.13. The predicted octanol–water partition coefficient (Wildman–Crippen LogP) is -0.488. The first-order chi connectivity index (χ1) is 11.8. The Balaban J connectivity index is 1.99. The molecule has 25 heavy (non-hydrogen) atoms. The Morgan fingerprint density at radius 1 is 1.36 bits per heavy atom. The highest BCUT2D eigenvalue weighted by molar-refractivity contribution is 5.93. The molecule has 1 fully saturated rings. The lowest BCUT2D eigenvalue weighted by molar-refractivity contribution is -0.158. The van der Waals surface area contributed by atoms with Crippen LogP contribution in [0.5, 0.6) is 0 Å². The highest BCUT2D eigenvalue weighted by Crippen LogP contribution is 2.48. The largest absolute Gasteiger partial charge is 0.466 e. The maximum Gasteiger partial charge on any atom is 0.355 e. The van der Waals surface area contributed by atoms with Crippen LogP contribution in [0.4, 0.5) is 0 Å². The number of aliphatic hydroxyl groups excluding tert-OH is 1. The van der Waals surface area contributed by atoms with E-state index >= 15 is 0 Å². The van der Waals surface area contributed by atoms with Crippen LogP contribution in [0.25, 0.3) is 0 Å². The van der Waals surface area contributed by atoms with E-state index in [1.807, 2.05) is 0 Å². The summed E-state index contributed by atoms with van der Waals surface area (Å²) in [6.45, 7) is 1.22. The standard InChI is InChI=1S/C16H17NO8/c1-16(22)10-9(7(13(19)23-2)6-24-15(10)21)11(12(16)18)25-14(20)8-4-3-5-17-8/h3-6,9-12,17-18,22H,1-2H3/t9-,10-,11+,12+,16-/m1/s1. The number of hydrogen-bond donors (Lipinski definition) is 3. The van der Waals surface area contributed by atoms with Crippen LogP contribution in [-0.4, -0.2) is 58.0 Å². The average molecular weight is 351 g/mol. The van der Waals surface area contributed by atoms with Crippen LogP contribution in [0.3, 0.4) is 0 Å². The molecule has 134 valence electrons. The quantitative estimate of drug-likeness (QED) is 0.490. The van der Waals surface area contributed by atoms with E-state index in [9.17, 15) is 24.6 Å². The third-order valence-electron chi connectivity index (χ3n) is 4.65. The first-order valence-electron chi connectivity index (χ1n) is 7.52. The number of fused-ring (bicyclic) bond motifs is 1. The van der Waals surface area contributed by atoms with E-state index in [1.165, 1.54) is 19.2 Å². The van der Waals surface area contributed by atoms with Crippen molar-refractivity contribution in [2.75, 3.05) is 7.11 Å². The van der Waals surface area contributed by atoms with Crippen LogP contribution in [0.2, 0.25) is 0 Å². The number of hydrogen-bond acceptors (Lipinski definition) is 8. The normalized spacial score (nSPS) is 33.9. The number of carbonyl (C=O) groups is 3. The van der Waals surface area contributed by atoms with Gasteiger partial charge in [0.2, 0.25) is 0 Å². The van der Waals surface area contributed by atoms with E-state index in [1.54, 1.807) is 6.07 Å². The lowest BCUT2D eigenvalue weighted by atomic mass is 9.81. The van der Waals surface area contributed by atoms with Gasteiger partial charge in [-0.1, -0.05) is 0 Å². The van der Waals surface area contributed by atoms with E-state index in [0.717, 1.165) is 13.4 Å². The van der Waals surface area contributed by atoms with Crippen molar-refractivity contribution in [3.63, 3.8) is 0 Å². The number of aromatic amines is 1. The minimum Gasteiger partial charge on any atom is -0.466 e. The van der Waals surface area contributed by atoms with Gasteiger partial charge in [0.1, 0.15) is 29.8 Å². The topological polar surface area (TPSA) is 135 Å². The Morgan fingerprint density at radius 3 is 2.68 bits per heavy atom. The highest BCUT2D eigenvalue weighted by Gasteiger charge is 2.65. The van der Waals surface area contributed by atoms with Gasteiger partial charge in [0.05, 0.1) is 24.5 Å². The van der Waals surface area contributed by atoms with Gasteiger partial charge in [-0.3, -0.25) is 4.79 Å². The number of methoxy groups -OCH3 is 1. The van der Waals surface area contributed by atoms with E-state index in [4.69, 9.17) is 9.47 Å². The lowest BCUT2D eigenvalue weighted by Crippen LogP contribution is -2.46. The van der Waals surface area contributed by atoms with Crippen molar-refractivity contribution in [1.29, 1.82) is 0 Å². The van der Waals surface area contributed by atoms with E-state index in [0.29, 0.717) is 0 Å². The van der Waals surface area contributed by atoms with Crippen LogP contribution in [0.15, 0.2) is 30.2 Å². The number of carbonyl (C=O) groups excluding carboxylic acids is 3. The Bertz CT molecular complexity index is 735. The molecule has 2 aliphatic rings. The first-order valence-corrected chi connectivity index (χ1v) is 7.52. The fourth-order valence-corrected chi connectivity index (χ4v) is 3.37. The molecule has 0 radical (unpaired) electrons. The summed E-state index contributed by atoms with van der Waals surface area (Å²) in [5, 5.41) is 21.0. The lowest BCUT2D eigenvalue weighted by Gasteiger charge is -2.30. The van der Waals surface area contributed by atoms with Crippen LogP contribution in [0, 0.1) is 11.8 Å². The Morgan fingerprint density at radius 2 is 2.08 bits per heavy atom. The second kappa shape index (κ2) is 6.01. The van der Waals surface area contributed by atoms with Crippen molar-refractivity contribution < 1.29 is 38.8 Å². The van der Waals surface area contributed by atoms with Gasteiger partial charge in [-0.25, -0.2) is 9.59 Å². The molecule has 1 aliphatic heterocycles. The van der Waals surface area contributed by atoms with Crippen LogP contribution < -0.4 is 0 Å². The summed E-state index contributed by atoms with van der Waals surface area (Å²) in [5.74, 6) is -4.83. The maximum atomic E-state index is 12.2. The van der Waals surface area contributed by atoms with Crippen LogP contribution >= 0.6 is 0 Å². The van der Waals surface area contributed by atoms with Gasteiger partial charge in [-0.15, -0.1) is 0 Å². The van der Waals surface area contributed by atoms with E-state index in [-0.39, 0.29) is 11.3 Å². The Hall–Kier alpha value is -2.65. The monoisotopic (exact) mass is 351 g/mol. The maximum absolute atomic E-state index is 12.2. The molecule has 9 nitrogen and oxygen atoms in total. The van der Waals surface area contributed by atoms with Crippen molar-refractivity contribution in [3.8, 4) is 0 Å². The van der Waals surface area contributed by atoms with Crippen molar-refractivity contribution >= 4 is 17.9 Å². The molecule has 0 saturated heterocycles. The summed E-state index contributed by atoms with van der Waals surface area (Å²) in [6.07, 6.45) is -0.536. The van der Waals surface area contributed by atoms with Crippen molar-refractivity contribution in [2.24, 2.45) is 11.8 Å². The second-order valence-electron chi connectivity index (χ2n) is 6.13. The summed E-state index contributed by atoms with van der Waals surface area (Å²) in [6, 6.07) is 3.05. The molecule has 1 aromatic rings. The second-order valence-corrected chi connectivity index (χ2v) is 6.13. The SMILES string of the molecule is COC(=O)C1=COC(=O)[C@H]2[C@@H]1[C@H](OC(=O)c1ccc[nH]1)[C@H](O)[C@]2(C)O. The molecule has 5 atom stereocenters. The molecule has 0 amide bonds. The zero-order valence-electron chi connectivity index (χ0n) is 13.5. The van der Waals surface area contributed by atoms with Crippen molar-refractivity contribution in [3.05, 3.63) is 35.9 Å². The van der Waals surface area contributed by atoms with Gasteiger partial charge in [0.25, 0.3) is 0 Å². The number of esters is 3. The molecule has 1 saturated carbocycles. The molecule has 0 spiro atoms. The first kappa shape index (κ1) is 17.2. The minimum absolute atomic E-state index is 0.104. The van der Waals surface area contributed by atoms with Crippen molar-refractivity contribution in [2.45, 2.75) is 24.7 Å². The number of aliphatic hydroxyl groups is 2. The molecule has 1 aliphatic carbocycles. The molecule has 1 aromatic heterocycles. The highest BCUT2D eigenvalue weighted by atomic mass is 16.6. The fraction of sp³-hybridized carbons (Fsp3) is 0.438. The molecular weight excluding hydrogens is 334 g/mol. The number of rotatable bonds is 3. The number of nitrogens with one attached hydrogen (secondary N) is 1. The fourth-order valence-electron chi connectivity index (χ4n) is 3.37. The number of aromatic nitrogens is 1. The van der Waals surface area contributed by atoms with Gasteiger partial charge in [-0.2, -0.15) is 0 Å². The summed E-state index contributed by atoms with van der Waals surface area (Å²) < 4.78 is 14.8. The van der Waals surface area contributed by atoms with E-state index in [2.05, 4.69) is 9.72 Å². The third kappa shape index (κ3) is 2.61. The molecule has 2 heterocycles. The average Bonchev–Trinajstić information content (AvgIpc) is 3.17. The zero-order chi connectivity index (χ0) is 18.4. The zero-order valence-corrected chi connectivity index (χ0v) is 13.5.